The molecule has 2 aliphatic rings. The summed E-state index contributed by atoms with van der Waals surface area (Å²) in [6, 6.07) is 18.9. The number of ether oxygens (including phenoxy) is 3. The van der Waals surface area contributed by atoms with Crippen molar-refractivity contribution in [1.82, 2.24) is 0 Å². The fourth-order valence-corrected chi connectivity index (χ4v) is 7.38. The molecule has 0 fully saturated rings. The van der Waals surface area contributed by atoms with E-state index in [0.717, 1.165) is 5.57 Å². The molecular formula is C46H44O15. The van der Waals surface area contributed by atoms with E-state index in [1.54, 1.807) is 6.07 Å². The number of carboxylic acids is 2. The van der Waals surface area contributed by atoms with Gasteiger partial charge in [-0.3, -0.25) is 0 Å². The average molecular weight is 837 g/mol. The Morgan fingerprint density at radius 3 is 1.66 bits per heavy atom. The number of benzene rings is 4. The Hall–Kier alpha value is -7.26. The zero-order valence-corrected chi connectivity index (χ0v) is 33.5. The summed E-state index contributed by atoms with van der Waals surface area (Å²) >= 11 is 0. The molecule has 0 aliphatic carbocycles. The zero-order chi connectivity index (χ0) is 44.6. The van der Waals surface area contributed by atoms with Crippen molar-refractivity contribution in [3.8, 4) is 23.0 Å². The molecule has 0 saturated heterocycles. The molecule has 15 nitrogen and oxygen atoms in total. The van der Waals surface area contributed by atoms with E-state index in [-0.39, 0.29) is 62.8 Å². The lowest BCUT2D eigenvalue weighted by molar-refractivity contribution is -0.168. The van der Waals surface area contributed by atoms with E-state index in [2.05, 4.69) is 0 Å². The van der Waals surface area contributed by atoms with Crippen LogP contribution in [0.3, 0.4) is 0 Å². The van der Waals surface area contributed by atoms with E-state index in [9.17, 15) is 60.0 Å². The minimum Gasteiger partial charge on any atom is -0.508 e. The molecule has 0 radical (unpaired) electrons. The van der Waals surface area contributed by atoms with Gasteiger partial charge in [-0.15, -0.1) is 0 Å². The first-order valence-corrected chi connectivity index (χ1v) is 19.0. The third-order valence-electron chi connectivity index (χ3n) is 10.7. The van der Waals surface area contributed by atoms with E-state index in [0.29, 0.717) is 17.5 Å². The molecule has 2 aliphatic heterocycles. The molecule has 61 heavy (non-hydrogen) atoms. The Kier molecular flexibility index (Phi) is 11.7. The predicted molar refractivity (Wildman–Crippen MR) is 217 cm³/mol. The van der Waals surface area contributed by atoms with Crippen LogP contribution in [0.1, 0.15) is 61.1 Å². The molecule has 0 bridgehead atoms. The van der Waals surface area contributed by atoms with Crippen LogP contribution >= 0.6 is 0 Å². The maximum absolute atomic E-state index is 13.8. The SMILES string of the molecule is CC(C)=CCc1cc(C[C@@]2(C(=O)O)OC(=O)C(OC(C)(C)[C@@H](O)Cc3cc(C[C@@]4(C(=O)O)OC(=O)C(O)=C4c4ccc(O)cc4)ccc3O)=C2c2ccc(O)cc2)ccc1O. The molecule has 318 valence electrons. The van der Waals surface area contributed by atoms with Gasteiger partial charge < -0.3 is 55.1 Å². The number of aliphatic hydroxyl groups is 2. The number of aliphatic carboxylic acids is 2. The summed E-state index contributed by atoms with van der Waals surface area (Å²) in [6.07, 6.45) is -0.648. The number of carboxylic acid groups (broad SMARTS) is 2. The highest BCUT2D eigenvalue weighted by atomic mass is 16.6. The highest BCUT2D eigenvalue weighted by molar-refractivity contribution is 6.12. The third-order valence-corrected chi connectivity index (χ3v) is 10.7. The monoisotopic (exact) mass is 836 g/mol. The van der Waals surface area contributed by atoms with Gasteiger partial charge in [0.05, 0.1) is 17.3 Å². The number of aromatic hydroxyl groups is 4. The van der Waals surface area contributed by atoms with Gasteiger partial charge in [0.2, 0.25) is 22.7 Å². The Bertz CT molecular complexity index is 2510. The number of allylic oxidation sites excluding steroid dienone is 2. The molecular weight excluding hydrogens is 792 g/mol. The lowest BCUT2D eigenvalue weighted by Crippen LogP contribution is -2.43. The average Bonchev–Trinajstić information content (AvgIpc) is 3.61. The van der Waals surface area contributed by atoms with Gasteiger partial charge in [0.1, 0.15) is 28.6 Å². The minimum absolute atomic E-state index is 0.0157. The summed E-state index contributed by atoms with van der Waals surface area (Å²) in [5, 5.41) is 85.0. The first kappa shape index (κ1) is 43.3. The topological polar surface area (TPSA) is 258 Å². The molecule has 0 spiro atoms. The molecule has 4 aromatic rings. The van der Waals surface area contributed by atoms with Crippen molar-refractivity contribution >= 4 is 35.0 Å². The second-order valence-corrected chi connectivity index (χ2v) is 15.8. The molecule has 8 N–H and O–H groups in total. The highest BCUT2D eigenvalue weighted by Gasteiger charge is 2.57. The summed E-state index contributed by atoms with van der Waals surface area (Å²) in [6.45, 7) is 6.61. The third kappa shape index (κ3) is 8.45. The van der Waals surface area contributed by atoms with Gasteiger partial charge in [-0.1, -0.05) is 60.2 Å². The standard InChI is InChI=1S/C46H44O15/c1-24(2)5-8-29-19-25(6-17-33(29)49)23-46(43(57)58)37(28-11-15-32(48)16-12-28)39(41(54)61-46)59-44(3,4)35(51)21-30-20-26(7-18-34(30)50)22-45(42(55)56)36(38(52)40(53)60-45)27-9-13-31(47)14-10-27/h5-7,9-20,35,47-52H,8,21-23H2,1-4H3,(H,55,56)(H,57,58)/t35-,45+,46+/m0/s1. The molecule has 0 saturated carbocycles. The molecule has 3 atom stereocenters. The summed E-state index contributed by atoms with van der Waals surface area (Å²) in [4.78, 5) is 52.6. The Balaban J connectivity index is 1.34. The zero-order valence-electron chi connectivity index (χ0n) is 33.5. The number of aliphatic hydroxyl groups excluding tert-OH is 2. The van der Waals surface area contributed by atoms with Crippen LogP contribution in [0.4, 0.5) is 0 Å². The van der Waals surface area contributed by atoms with Crippen molar-refractivity contribution in [3.05, 3.63) is 141 Å². The molecule has 4 aromatic carbocycles. The van der Waals surface area contributed by atoms with Crippen LogP contribution in [0.15, 0.2) is 108 Å². The molecule has 0 aromatic heterocycles. The van der Waals surface area contributed by atoms with E-state index < -0.39 is 71.1 Å². The van der Waals surface area contributed by atoms with Crippen LogP contribution in [0.25, 0.3) is 11.1 Å². The van der Waals surface area contributed by atoms with Crippen LogP contribution < -0.4 is 0 Å². The fraction of sp³-hybridized carbons (Fsp3) is 0.261. The van der Waals surface area contributed by atoms with Crippen LogP contribution in [0.2, 0.25) is 0 Å². The Morgan fingerprint density at radius 1 is 0.689 bits per heavy atom. The maximum atomic E-state index is 13.8. The smallest absolute Gasteiger partial charge is 0.375 e. The fourth-order valence-electron chi connectivity index (χ4n) is 7.38. The van der Waals surface area contributed by atoms with Gasteiger partial charge in [-0.25, -0.2) is 19.2 Å². The van der Waals surface area contributed by atoms with E-state index in [4.69, 9.17) is 14.2 Å². The van der Waals surface area contributed by atoms with Gasteiger partial charge in [-0.05, 0) is 104 Å². The van der Waals surface area contributed by atoms with Gasteiger partial charge in [0, 0.05) is 19.3 Å². The van der Waals surface area contributed by atoms with Crippen molar-refractivity contribution in [2.24, 2.45) is 0 Å². The lowest BCUT2D eigenvalue weighted by atomic mass is 9.82. The predicted octanol–water partition coefficient (Wildman–Crippen LogP) is 5.64. The van der Waals surface area contributed by atoms with Crippen molar-refractivity contribution in [3.63, 3.8) is 0 Å². The van der Waals surface area contributed by atoms with Crippen molar-refractivity contribution in [2.75, 3.05) is 0 Å². The highest BCUT2D eigenvalue weighted by Crippen LogP contribution is 2.46. The van der Waals surface area contributed by atoms with Gasteiger partial charge >= 0.3 is 23.9 Å². The Morgan fingerprint density at radius 2 is 1.15 bits per heavy atom. The molecule has 2 heterocycles. The maximum Gasteiger partial charge on any atom is 0.375 e. The molecule has 0 unspecified atom stereocenters. The largest absolute Gasteiger partial charge is 0.508 e. The summed E-state index contributed by atoms with van der Waals surface area (Å²) in [5.74, 6) is -7.74. The van der Waals surface area contributed by atoms with E-state index >= 15 is 0 Å². The molecule has 15 heteroatoms. The lowest BCUT2D eigenvalue weighted by Gasteiger charge is -2.32. The number of phenols is 4. The second-order valence-electron chi connectivity index (χ2n) is 15.8. The summed E-state index contributed by atoms with van der Waals surface area (Å²) in [7, 11) is 0. The number of cyclic esters (lactones) is 2. The van der Waals surface area contributed by atoms with Crippen molar-refractivity contribution < 1.29 is 74.2 Å². The number of hydrogen-bond acceptors (Lipinski definition) is 13. The van der Waals surface area contributed by atoms with Gasteiger partial charge in [0.25, 0.3) is 0 Å². The van der Waals surface area contributed by atoms with E-state index in [1.807, 2.05) is 19.9 Å². The molecule has 0 amide bonds. The minimum atomic E-state index is -2.43. The van der Waals surface area contributed by atoms with Crippen LogP contribution in [0.5, 0.6) is 23.0 Å². The van der Waals surface area contributed by atoms with Crippen LogP contribution in [-0.4, -0.2) is 87.6 Å². The first-order chi connectivity index (χ1) is 28.7. The number of hydrogen-bond donors (Lipinski definition) is 8. The quantitative estimate of drug-likeness (QED) is 0.0532. The number of phenolic OH excluding ortho intramolecular Hbond substituents is 4. The van der Waals surface area contributed by atoms with Crippen LogP contribution in [0, 0.1) is 0 Å². The van der Waals surface area contributed by atoms with Crippen molar-refractivity contribution in [1.29, 1.82) is 0 Å². The number of esters is 2. The van der Waals surface area contributed by atoms with Crippen LogP contribution in [-0.2, 0) is 59.1 Å². The molecule has 6 rings (SSSR count). The van der Waals surface area contributed by atoms with Gasteiger partial charge in [0.15, 0.2) is 0 Å². The number of carbonyl (C=O) groups is 4. The summed E-state index contributed by atoms with van der Waals surface area (Å²) < 4.78 is 17.2. The summed E-state index contributed by atoms with van der Waals surface area (Å²) in [5.41, 5.74) is -4.72. The number of rotatable bonds is 15. The second kappa shape index (κ2) is 16.4. The first-order valence-electron chi connectivity index (χ1n) is 19.0. The Labute approximate surface area is 349 Å². The van der Waals surface area contributed by atoms with Crippen molar-refractivity contribution in [2.45, 2.75) is 76.3 Å². The normalized spacial score (nSPS) is 19.4. The van der Waals surface area contributed by atoms with E-state index in [1.165, 1.54) is 92.7 Å². The number of carbonyl (C=O) groups excluding carboxylic acids is 2. The van der Waals surface area contributed by atoms with Gasteiger partial charge in [-0.2, -0.15) is 0 Å².